The highest BCUT2D eigenvalue weighted by Gasteiger charge is 2.13. The zero-order chi connectivity index (χ0) is 20.2. The van der Waals surface area contributed by atoms with Gasteiger partial charge in [0.25, 0.3) is 5.91 Å². The molecule has 1 aromatic heterocycles. The number of benzene rings is 3. The van der Waals surface area contributed by atoms with Crippen LogP contribution in [0.25, 0.3) is 11.0 Å². The molecule has 0 atom stereocenters. The first kappa shape index (κ1) is 19.0. The fourth-order valence-electron chi connectivity index (χ4n) is 2.97. The lowest BCUT2D eigenvalue weighted by molar-refractivity contribution is 0.102. The number of hydrogen-bond donors (Lipinski definition) is 1. The van der Waals surface area contributed by atoms with E-state index in [1.807, 2.05) is 48.5 Å². The van der Waals surface area contributed by atoms with Gasteiger partial charge in [0, 0.05) is 16.1 Å². The molecule has 1 heterocycles. The molecule has 0 radical (unpaired) electrons. The van der Waals surface area contributed by atoms with Crippen LogP contribution in [0.3, 0.4) is 0 Å². The van der Waals surface area contributed by atoms with Crippen LogP contribution in [0.15, 0.2) is 88.3 Å². The van der Waals surface area contributed by atoms with Crippen LogP contribution < -0.4 is 10.9 Å². The number of rotatable bonds is 4. The Morgan fingerprint density at radius 3 is 2.45 bits per heavy atom. The Balaban J connectivity index is 1.79. The molecular formula is C24H19ClN2O2. The average Bonchev–Trinajstić information content (AvgIpc) is 2.75. The summed E-state index contributed by atoms with van der Waals surface area (Å²) >= 11 is 5.92. The standard InChI is InChI=1S/C24H19ClN2O2/c1-2-16-7-11-20(12-8-16)27-24-21(15-17-5-3-4-6-22(17)29-24)23(28)26-19-13-9-18(25)10-14-19/h3-15H,2H2,1H3,(H,26,28). The summed E-state index contributed by atoms with van der Waals surface area (Å²) in [5.74, 6) is -0.300. The van der Waals surface area contributed by atoms with Gasteiger partial charge in [0.05, 0.1) is 5.69 Å². The van der Waals surface area contributed by atoms with E-state index in [-0.39, 0.29) is 11.5 Å². The molecule has 4 aromatic rings. The number of nitrogens with one attached hydrogen (secondary N) is 1. The van der Waals surface area contributed by atoms with Crippen molar-refractivity contribution >= 4 is 39.9 Å². The quantitative estimate of drug-likeness (QED) is 0.446. The topological polar surface area (TPSA) is 54.6 Å². The zero-order valence-corrected chi connectivity index (χ0v) is 16.6. The fourth-order valence-corrected chi connectivity index (χ4v) is 3.10. The van der Waals surface area contributed by atoms with Gasteiger partial charge in [-0.3, -0.25) is 4.79 Å². The van der Waals surface area contributed by atoms with Gasteiger partial charge in [-0.2, -0.15) is 0 Å². The van der Waals surface area contributed by atoms with E-state index in [1.54, 1.807) is 30.3 Å². The Kier molecular flexibility index (Phi) is 5.45. The molecule has 0 spiro atoms. The molecule has 0 saturated carbocycles. The van der Waals surface area contributed by atoms with E-state index in [0.29, 0.717) is 21.9 Å². The SMILES string of the molecule is CCc1ccc(N=c2oc3ccccc3cc2C(=O)Nc2ccc(Cl)cc2)cc1. The smallest absolute Gasteiger partial charge is 0.261 e. The van der Waals surface area contributed by atoms with Crippen LogP contribution >= 0.6 is 11.6 Å². The van der Waals surface area contributed by atoms with Gasteiger partial charge >= 0.3 is 0 Å². The number of hydrogen-bond acceptors (Lipinski definition) is 3. The van der Waals surface area contributed by atoms with Gasteiger partial charge in [-0.25, -0.2) is 4.99 Å². The predicted molar refractivity (Wildman–Crippen MR) is 117 cm³/mol. The minimum atomic E-state index is -0.300. The van der Waals surface area contributed by atoms with Gasteiger partial charge in [0.15, 0.2) is 0 Å². The van der Waals surface area contributed by atoms with Gasteiger partial charge in [-0.1, -0.05) is 48.9 Å². The Labute approximate surface area is 173 Å². The maximum absolute atomic E-state index is 13.0. The summed E-state index contributed by atoms with van der Waals surface area (Å²) in [6.45, 7) is 2.10. The molecule has 1 amide bonds. The van der Waals surface area contributed by atoms with Crippen LogP contribution in [0, 0.1) is 0 Å². The van der Waals surface area contributed by atoms with Crippen LogP contribution in [0.4, 0.5) is 11.4 Å². The third-order valence-electron chi connectivity index (χ3n) is 4.58. The first-order valence-electron chi connectivity index (χ1n) is 9.36. The summed E-state index contributed by atoms with van der Waals surface area (Å²) in [7, 11) is 0. The van der Waals surface area contributed by atoms with Gasteiger partial charge < -0.3 is 9.73 Å². The Morgan fingerprint density at radius 1 is 1.00 bits per heavy atom. The number of carbonyl (C=O) groups excluding carboxylic acids is 1. The predicted octanol–water partition coefficient (Wildman–Crippen LogP) is 6.13. The highest BCUT2D eigenvalue weighted by molar-refractivity contribution is 6.30. The first-order chi connectivity index (χ1) is 14.1. The second-order valence-electron chi connectivity index (χ2n) is 6.60. The molecular weight excluding hydrogens is 384 g/mol. The van der Waals surface area contributed by atoms with E-state index >= 15 is 0 Å². The molecule has 0 bridgehead atoms. The molecule has 144 valence electrons. The maximum atomic E-state index is 13.0. The Hall–Kier alpha value is -3.37. The largest absolute Gasteiger partial charge is 0.438 e. The number of carbonyl (C=O) groups is 1. The van der Waals surface area contributed by atoms with Crippen molar-refractivity contribution in [3.05, 3.63) is 101 Å². The molecule has 4 rings (SSSR count). The van der Waals surface area contributed by atoms with E-state index in [2.05, 4.69) is 17.2 Å². The van der Waals surface area contributed by atoms with Crippen molar-refractivity contribution in [3.8, 4) is 0 Å². The number of anilines is 1. The van der Waals surface area contributed by atoms with Crippen molar-refractivity contribution in [1.82, 2.24) is 0 Å². The normalized spacial score (nSPS) is 11.6. The monoisotopic (exact) mass is 402 g/mol. The molecule has 0 unspecified atom stereocenters. The molecule has 0 aliphatic carbocycles. The second kappa shape index (κ2) is 8.33. The molecule has 29 heavy (non-hydrogen) atoms. The van der Waals surface area contributed by atoms with Crippen LogP contribution in [0.2, 0.25) is 5.02 Å². The first-order valence-corrected chi connectivity index (χ1v) is 9.73. The molecule has 4 nitrogen and oxygen atoms in total. The maximum Gasteiger partial charge on any atom is 0.261 e. The third kappa shape index (κ3) is 4.39. The summed E-state index contributed by atoms with van der Waals surface area (Å²) < 4.78 is 5.98. The van der Waals surface area contributed by atoms with Gasteiger partial charge in [0.1, 0.15) is 11.1 Å². The summed E-state index contributed by atoms with van der Waals surface area (Å²) in [6, 6.07) is 24.2. The lowest BCUT2D eigenvalue weighted by Crippen LogP contribution is -2.21. The molecule has 0 aliphatic heterocycles. The molecule has 5 heteroatoms. The van der Waals surface area contributed by atoms with Crippen molar-refractivity contribution in [2.45, 2.75) is 13.3 Å². The molecule has 3 aromatic carbocycles. The van der Waals surface area contributed by atoms with Crippen LogP contribution in [-0.4, -0.2) is 5.91 Å². The summed E-state index contributed by atoms with van der Waals surface area (Å²) in [5.41, 5.74) is 3.88. The van der Waals surface area contributed by atoms with Crippen molar-refractivity contribution in [2.24, 2.45) is 4.99 Å². The zero-order valence-electron chi connectivity index (χ0n) is 15.9. The minimum Gasteiger partial charge on any atom is -0.438 e. The van der Waals surface area contributed by atoms with E-state index in [4.69, 9.17) is 16.0 Å². The van der Waals surface area contributed by atoms with Crippen LogP contribution in [0.5, 0.6) is 0 Å². The van der Waals surface area contributed by atoms with Crippen molar-refractivity contribution in [3.63, 3.8) is 0 Å². The highest BCUT2D eigenvalue weighted by atomic mass is 35.5. The van der Waals surface area contributed by atoms with Crippen molar-refractivity contribution in [2.75, 3.05) is 5.32 Å². The number of nitrogens with zero attached hydrogens (tertiary/aromatic N) is 1. The van der Waals surface area contributed by atoms with Crippen molar-refractivity contribution in [1.29, 1.82) is 0 Å². The Morgan fingerprint density at radius 2 is 1.72 bits per heavy atom. The lowest BCUT2D eigenvalue weighted by atomic mass is 10.1. The summed E-state index contributed by atoms with van der Waals surface area (Å²) in [4.78, 5) is 17.6. The third-order valence-corrected chi connectivity index (χ3v) is 4.83. The van der Waals surface area contributed by atoms with E-state index in [9.17, 15) is 4.79 Å². The van der Waals surface area contributed by atoms with Gasteiger partial charge in [0.2, 0.25) is 5.55 Å². The highest BCUT2D eigenvalue weighted by Crippen LogP contribution is 2.18. The van der Waals surface area contributed by atoms with Gasteiger partial charge in [-0.15, -0.1) is 0 Å². The Bertz CT molecular complexity index is 1230. The summed E-state index contributed by atoms with van der Waals surface area (Å²) in [6.07, 6.45) is 0.954. The fraction of sp³-hybridized carbons (Fsp3) is 0.0833. The number of para-hydroxylation sites is 1. The molecule has 0 aliphatic rings. The number of aryl methyl sites for hydroxylation is 1. The average molecular weight is 403 g/mol. The number of amides is 1. The number of fused-ring (bicyclic) bond motifs is 1. The van der Waals surface area contributed by atoms with Crippen LogP contribution in [-0.2, 0) is 6.42 Å². The van der Waals surface area contributed by atoms with Gasteiger partial charge in [-0.05, 0) is 60.5 Å². The number of halogens is 1. The van der Waals surface area contributed by atoms with Crippen LogP contribution in [0.1, 0.15) is 22.8 Å². The van der Waals surface area contributed by atoms with Crippen molar-refractivity contribution < 1.29 is 9.21 Å². The van der Waals surface area contributed by atoms with E-state index in [0.717, 1.165) is 17.5 Å². The second-order valence-corrected chi connectivity index (χ2v) is 7.03. The lowest BCUT2D eigenvalue weighted by Gasteiger charge is -2.07. The molecule has 0 saturated heterocycles. The minimum absolute atomic E-state index is 0.263. The molecule has 1 N–H and O–H groups in total. The van der Waals surface area contributed by atoms with E-state index in [1.165, 1.54) is 5.56 Å². The summed E-state index contributed by atoms with van der Waals surface area (Å²) in [5, 5.41) is 4.31. The molecule has 0 fully saturated rings. The van der Waals surface area contributed by atoms with E-state index < -0.39 is 0 Å².